The van der Waals surface area contributed by atoms with Gasteiger partial charge < -0.3 is 9.47 Å². The molecule has 90 valence electrons. The molecule has 6 heteroatoms. The topological polar surface area (TPSA) is 49.2 Å². The Morgan fingerprint density at radius 3 is 2.75 bits per heavy atom. The summed E-state index contributed by atoms with van der Waals surface area (Å²) in [4.78, 5) is 0. The molecule has 0 aromatic carbocycles. The van der Waals surface area contributed by atoms with Crippen molar-refractivity contribution in [3.63, 3.8) is 0 Å². The predicted octanol–water partition coefficient (Wildman–Crippen LogP) is 1.47. The van der Waals surface area contributed by atoms with Crippen molar-refractivity contribution in [1.29, 1.82) is 0 Å². The highest BCUT2D eigenvalue weighted by molar-refractivity contribution is 6.28. The molecular weight excluding hydrogens is 230 g/mol. The third kappa shape index (κ3) is 2.53. The Morgan fingerprint density at radius 2 is 2.19 bits per heavy atom. The molecule has 5 nitrogen and oxygen atoms in total. The number of methoxy groups -OCH3 is 2. The molecule has 1 unspecified atom stereocenters. The van der Waals surface area contributed by atoms with E-state index in [9.17, 15) is 0 Å². The van der Waals surface area contributed by atoms with E-state index < -0.39 is 0 Å². The fraction of sp³-hybridized carbons (Fsp3) is 0.800. The van der Waals surface area contributed by atoms with E-state index in [1.165, 1.54) is 12.8 Å². The second kappa shape index (κ2) is 5.12. The Morgan fingerprint density at radius 1 is 1.44 bits per heavy atom. The van der Waals surface area contributed by atoms with Gasteiger partial charge in [0, 0.05) is 20.1 Å². The normalized spacial score (nSPS) is 17.7. The Kier molecular flexibility index (Phi) is 3.78. The summed E-state index contributed by atoms with van der Waals surface area (Å²) in [6.45, 7) is 1.18. The lowest BCUT2D eigenvalue weighted by molar-refractivity contribution is 0.0179. The van der Waals surface area contributed by atoms with Gasteiger partial charge in [-0.1, -0.05) is 0 Å². The first kappa shape index (κ1) is 11.8. The predicted molar refractivity (Wildman–Crippen MR) is 59.7 cm³/mol. The monoisotopic (exact) mass is 245 g/mol. The lowest BCUT2D eigenvalue weighted by Gasteiger charge is -2.16. The van der Waals surface area contributed by atoms with Gasteiger partial charge in [0.25, 0.3) is 0 Å². The molecule has 2 rings (SSSR count). The van der Waals surface area contributed by atoms with Gasteiger partial charge in [-0.15, -0.1) is 10.2 Å². The van der Waals surface area contributed by atoms with E-state index in [1.807, 2.05) is 4.57 Å². The number of aromatic nitrogens is 3. The summed E-state index contributed by atoms with van der Waals surface area (Å²) in [5.74, 6) is 1.50. The number of rotatable bonds is 6. The molecule has 1 fully saturated rings. The average Bonchev–Trinajstić information content (AvgIpc) is 3.05. The number of hydrogen-bond donors (Lipinski definition) is 0. The second-order valence-electron chi connectivity index (χ2n) is 4.03. The van der Waals surface area contributed by atoms with Crippen LogP contribution in [-0.2, 0) is 16.0 Å². The lowest BCUT2D eigenvalue weighted by atomic mass is 10.3. The van der Waals surface area contributed by atoms with Crippen LogP contribution >= 0.6 is 11.6 Å². The van der Waals surface area contributed by atoms with Gasteiger partial charge in [-0.2, -0.15) is 0 Å². The zero-order valence-electron chi connectivity index (χ0n) is 9.52. The Bertz CT molecular complexity index is 352. The van der Waals surface area contributed by atoms with Crippen LogP contribution in [0.4, 0.5) is 0 Å². The summed E-state index contributed by atoms with van der Waals surface area (Å²) in [6, 6.07) is 0. The SMILES string of the molecule is COCC(Cn1c(Cl)nnc1C1CC1)OC. The maximum atomic E-state index is 6.01. The van der Waals surface area contributed by atoms with Crippen LogP contribution in [0.1, 0.15) is 24.6 Å². The van der Waals surface area contributed by atoms with Crippen molar-refractivity contribution in [3.05, 3.63) is 11.1 Å². The number of nitrogens with zero attached hydrogens (tertiary/aromatic N) is 3. The van der Waals surface area contributed by atoms with Crippen molar-refractivity contribution in [2.24, 2.45) is 0 Å². The van der Waals surface area contributed by atoms with E-state index in [2.05, 4.69) is 10.2 Å². The van der Waals surface area contributed by atoms with E-state index >= 15 is 0 Å². The summed E-state index contributed by atoms with van der Waals surface area (Å²) in [5, 5.41) is 8.45. The molecule has 1 aromatic rings. The first-order chi connectivity index (χ1) is 7.76. The molecular formula is C10H16ClN3O2. The molecule has 0 amide bonds. The minimum atomic E-state index is -0.0176. The third-order valence-corrected chi connectivity index (χ3v) is 3.03. The van der Waals surface area contributed by atoms with Crippen molar-refractivity contribution in [2.75, 3.05) is 20.8 Å². The first-order valence-corrected chi connectivity index (χ1v) is 5.74. The van der Waals surface area contributed by atoms with Gasteiger partial charge in [-0.05, 0) is 24.4 Å². The largest absolute Gasteiger partial charge is 0.382 e. The van der Waals surface area contributed by atoms with Crippen LogP contribution in [0, 0.1) is 0 Å². The maximum absolute atomic E-state index is 6.01. The third-order valence-electron chi connectivity index (χ3n) is 2.75. The van der Waals surface area contributed by atoms with Crippen molar-refractivity contribution in [1.82, 2.24) is 14.8 Å². The van der Waals surface area contributed by atoms with Gasteiger partial charge in [0.15, 0.2) is 0 Å². The quantitative estimate of drug-likeness (QED) is 0.762. The summed E-state index contributed by atoms with van der Waals surface area (Å²) in [5.41, 5.74) is 0. The highest BCUT2D eigenvalue weighted by atomic mass is 35.5. The fourth-order valence-corrected chi connectivity index (χ4v) is 1.89. The summed E-state index contributed by atoms with van der Waals surface area (Å²) in [7, 11) is 3.32. The molecule has 0 saturated heterocycles. The fourth-order valence-electron chi connectivity index (χ4n) is 1.69. The number of ether oxygens (including phenoxy) is 2. The molecule has 0 N–H and O–H groups in total. The highest BCUT2D eigenvalue weighted by Crippen LogP contribution is 2.39. The smallest absolute Gasteiger partial charge is 0.225 e. The zero-order valence-corrected chi connectivity index (χ0v) is 10.3. The number of hydrogen-bond acceptors (Lipinski definition) is 4. The van der Waals surface area contributed by atoms with Crippen molar-refractivity contribution in [3.8, 4) is 0 Å². The minimum absolute atomic E-state index is 0.0176. The lowest BCUT2D eigenvalue weighted by Crippen LogP contribution is -2.24. The molecule has 1 aliphatic carbocycles. The van der Waals surface area contributed by atoms with E-state index in [0.29, 0.717) is 24.4 Å². The zero-order chi connectivity index (χ0) is 11.5. The van der Waals surface area contributed by atoms with Gasteiger partial charge in [0.05, 0.1) is 19.3 Å². The Hall–Kier alpha value is -0.650. The Balaban J connectivity index is 2.09. The summed E-state index contributed by atoms with van der Waals surface area (Å²) in [6.07, 6.45) is 2.34. The van der Waals surface area contributed by atoms with Crippen molar-refractivity contribution >= 4 is 11.6 Å². The van der Waals surface area contributed by atoms with Crippen LogP contribution in [0.3, 0.4) is 0 Å². The molecule has 0 bridgehead atoms. The van der Waals surface area contributed by atoms with E-state index in [-0.39, 0.29) is 6.10 Å². The van der Waals surface area contributed by atoms with Crippen LogP contribution in [0.5, 0.6) is 0 Å². The molecule has 0 radical (unpaired) electrons. The van der Waals surface area contributed by atoms with Crippen LogP contribution in [0.2, 0.25) is 5.28 Å². The van der Waals surface area contributed by atoms with E-state index in [4.69, 9.17) is 21.1 Å². The Labute approximate surface area is 99.7 Å². The van der Waals surface area contributed by atoms with Gasteiger partial charge in [0.1, 0.15) is 5.82 Å². The molecule has 1 atom stereocenters. The highest BCUT2D eigenvalue weighted by Gasteiger charge is 2.30. The first-order valence-electron chi connectivity index (χ1n) is 5.36. The van der Waals surface area contributed by atoms with Crippen molar-refractivity contribution < 1.29 is 9.47 Å². The van der Waals surface area contributed by atoms with Crippen LogP contribution in [0.15, 0.2) is 0 Å². The minimum Gasteiger partial charge on any atom is -0.382 e. The van der Waals surface area contributed by atoms with Crippen LogP contribution in [-0.4, -0.2) is 41.7 Å². The molecule has 1 aliphatic rings. The van der Waals surface area contributed by atoms with E-state index in [0.717, 1.165) is 5.82 Å². The summed E-state index contributed by atoms with van der Waals surface area (Å²) >= 11 is 6.01. The molecule has 16 heavy (non-hydrogen) atoms. The molecule has 1 heterocycles. The van der Waals surface area contributed by atoms with Gasteiger partial charge >= 0.3 is 0 Å². The van der Waals surface area contributed by atoms with Crippen molar-refractivity contribution in [2.45, 2.75) is 31.4 Å². The number of halogens is 1. The molecule has 0 spiro atoms. The van der Waals surface area contributed by atoms with Gasteiger partial charge in [-0.3, -0.25) is 4.57 Å². The summed E-state index contributed by atoms with van der Waals surface area (Å²) < 4.78 is 12.3. The second-order valence-corrected chi connectivity index (χ2v) is 4.36. The molecule has 1 aromatic heterocycles. The average molecular weight is 246 g/mol. The van der Waals surface area contributed by atoms with Gasteiger partial charge in [-0.25, -0.2) is 0 Å². The molecule has 1 saturated carbocycles. The van der Waals surface area contributed by atoms with Crippen LogP contribution < -0.4 is 0 Å². The van der Waals surface area contributed by atoms with Gasteiger partial charge in [0.2, 0.25) is 5.28 Å². The standard InChI is InChI=1S/C10H16ClN3O2/c1-15-6-8(16-2)5-14-9(7-3-4-7)12-13-10(14)11/h7-8H,3-6H2,1-2H3. The molecule has 0 aliphatic heterocycles. The maximum Gasteiger partial charge on any atom is 0.225 e. The van der Waals surface area contributed by atoms with Crippen LogP contribution in [0.25, 0.3) is 0 Å². The van der Waals surface area contributed by atoms with E-state index in [1.54, 1.807) is 14.2 Å².